The van der Waals surface area contributed by atoms with Crippen molar-refractivity contribution in [1.29, 1.82) is 0 Å². The molecule has 2 rings (SSSR count). The third kappa shape index (κ3) is 5.90. The second kappa shape index (κ2) is 8.51. The minimum Gasteiger partial charge on any atom is -0.387 e. The smallest absolute Gasteiger partial charge is 0.387 e. The Bertz CT molecular complexity index is 1090. The molecule has 0 aliphatic rings. The van der Waals surface area contributed by atoms with Crippen molar-refractivity contribution in [2.24, 2.45) is 0 Å². The van der Waals surface area contributed by atoms with Crippen LogP contribution >= 0.6 is 7.82 Å². The summed E-state index contributed by atoms with van der Waals surface area (Å²) in [5.41, 5.74) is -7.31. The monoisotopic (exact) mass is 504 g/mol. The Labute approximate surface area is 179 Å². The zero-order valence-electron chi connectivity index (χ0n) is 16.2. The number of nitro groups is 2. The van der Waals surface area contributed by atoms with Crippen molar-refractivity contribution in [2.75, 3.05) is 0 Å². The van der Waals surface area contributed by atoms with Gasteiger partial charge in [-0.3, -0.25) is 25.1 Å². The molecule has 0 amide bonds. The van der Waals surface area contributed by atoms with Crippen LogP contribution in [-0.4, -0.2) is 14.7 Å². The number of alkyl halides is 6. The van der Waals surface area contributed by atoms with Gasteiger partial charge in [0.2, 0.25) is 11.5 Å². The van der Waals surface area contributed by atoms with Gasteiger partial charge in [-0.05, 0) is 37.1 Å². The fourth-order valence-electron chi connectivity index (χ4n) is 2.64. The molecule has 17 heteroatoms. The Balaban J connectivity index is 2.70. The molecule has 0 unspecified atom stereocenters. The first-order valence-electron chi connectivity index (χ1n) is 8.28. The zero-order chi connectivity index (χ0) is 25.5. The maximum Gasteiger partial charge on any atom is 0.585 e. The fraction of sp³-hybridized carbons (Fsp3) is 0.250. The normalized spacial score (nSPS) is 12.4. The van der Waals surface area contributed by atoms with Crippen molar-refractivity contribution in [3.63, 3.8) is 0 Å². The minimum atomic E-state index is -6.10. The highest BCUT2D eigenvalue weighted by Gasteiger charge is 2.45. The van der Waals surface area contributed by atoms with Crippen molar-refractivity contribution in [1.82, 2.24) is 0 Å². The van der Waals surface area contributed by atoms with Crippen LogP contribution in [0.1, 0.15) is 22.3 Å². The molecule has 0 heterocycles. The van der Waals surface area contributed by atoms with Gasteiger partial charge in [-0.15, -0.1) is 0 Å². The van der Waals surface area contributed by atoms with E-state index in [1.165, 1.54) is 0 Å². The largest absolute Gasteiger partial charge is 0.585 e. The summed E-state index contributed by atoms with van der Waals surface area (Å²) in [5.74, 6) is -3.65. The van der Waals surface area contributed by atoms with E-state index in [0.717, 1.165) is 13.8 Å². The van der Waals surface area contributed by atoms with Gasteiger partial charge < -0.3 is 9.05 Å². The lowest BCUT2D eigenvalue weighted by Crippen LogP contribution is -2.14. The maximum absolute atomic E-state index is 13.4. The van der Waals surface area contributed by atoms with Crippen molar-refractivity contribution >= 4 is 19.2 Å². The van der Waals surface area contributed by atoms with Gasteiger partial charge in [0, 0.05) is 12.1 Å². The van der Waals surface area contributed by atoms with Gasteiger partial charge in [-0.25, -0.2) is 4.57 Å². The van der Waals surface area contributed by atoms with Crippen LogP contribution in [0, 0.1) is 34.1 Å². The van der Waals surface area contributed by atoms with Gasteiger partial charge in [0.1, 0.15) is 11.1 Å². The lowest BCUT2D eigenvalue weighted by Gasteiger charge is -2.20. The van der Waals surface area contributed by atoms with Crippen LogP contribution in [0.3, 0.4) is 0 Å². The van der Waals surface area contributed by atoms with Gasteiger partial charge in [0.25, 0.3) is 0 Å². The van der Waals surface area contributed by atoms with E-state index in [-0.39, 0.29) is 11.1 Å². The molecule has 0 atom stereocenters. The van der Waals surface area contributed by atoms with Crippen LogP contribution in [0.4, 0.5) is 37.7 Å². The molecule has 0 aromatic heterocycles. The van der Waals surface area contributed by atoms with E-state index >= 15 is 0 Å². The van der Waals surface area contributed by atoms with Crippen LogP contribution in [0.15, 0.2) is 24.3 Å². The van der Waals surface area contributed by atoms with Gasteiger partial charge in [-0.2, -0.15) is 26.3 Å². The average molecular weight is 504 g/mol. The molecule has 180 valence electrons. The molecule has 33 heavy (non-hydrogen) atoms. The van der Waals surface area contributed by atoms with Gasteiger partial charge >= 0.3 is 31.6 Å². The molecule has 0 radical (unpaired) electrons. The van der Waals surface area contributed by atoms with Crippen LogP contribution in [0.5, 0.6) is 11.5 Å². The van der Waals surface area contributed by atoms with Gasteiger partial charge in [0.15, 0.2) is 0 Å². The number of rotatable bonds is 6. The number of nitro benzene ring substituents is 2. The molecule has 2 aromatic carbocycles. The number of hydrogen-bond acceptors (Lipinski definition) is 7. The topological polar surface area (TPSA) is 142 Å². The highest BCUT2D eigenvalue weighted by Crippen LogP contribution is 2.54. The SMILES string of the molecule is Cc1cc([N+](=O)[O-])c(OP(=O)(O)Oc2c([N+](=O)[O-])cc(C)cc2C(F)(F)F)c(C(F)(F)F)c1. The number of halogens is 6. The van der Waals surface area contributed by atoms with Crippen molar-refractivity contribution in [2.45, 2.75) is 26.2 Å². The standard InChI is InChI=1S/C16H11F6N2O8P/c1-7-3-9(15(17,18)19)13(11(5-7)23(25)26)31-33(29,30)32-14-10(16(20,21)22)4-8(2)6-12(14)24(27)28/h3-6H,1-2H3,(H,29,30). The third-order valence-electron chi connectivity index (χ3n) is 3.84. The van der Waals surface area contributed by atoms with Gasteiger partial charge in [0.05, 0.1) is 9.85 Å². The Morgan fingerprint density at radius 3 is 1.33 bits per heavy atom. The molecule has 0 aliphatic carbocycles. The van der Waals surface area contributed by atoms with E-state index < -0.39 is 64.0 Å². The second-order valence-corrected chi connectivity index (χ2v) is 7.78. The summed E-state index contributed by atoms with van der Waals surface area (Å²) < 4.78 is 101. The predicted octanol–water partition coefficient (Wildman–Crippen LogP) is 5.72. The van der Waals surface area contributed by atoms with E-state index in [1.807, 2.05) is 0 Å². The molecule has 0 spiro atoms. The number of hydrogen-bond donors (Lipinski definition) is 1. The molecule has 0 fully saturated rings. The number of nitrogens with zero attached hydrogens (tertiary/aromatic N) is 2. The summed E-state index contributed by atoms with van der Waals surface area (Å²) in [4.78, 5) is 29.4. The fourth-order valence-corrected chi connectivity index (χ4v) is 3.52. The summed E-state index contributed by atoms with van der Waals surface area (Å²) >= 11 is 0. The first-order valence-corrected chi connectivity index (χ1v) is 9.77. The second-order valence-electron chi connectivity index (χ2n) is 6.48. The third-order valence-corrected chi connectivity index (χ3v) is 4.67. The molecule has 10 nitrogen and oxygen atoms in total. The summed E-state index contributed by atoms with van der Waals surface area (Å²) in [5, 5.41) is 22.3. The number of aryl methyl sites for hydroxylation is 2. The van der Waals surface area contributed by atoms with E-state index in [9.17, 15) is 56.0 Å². The highest BCUT2D eigenvalue weighted by atomic mass is 31.2. The Morgan fingerprint density at radius 1 is 0.788 bits per heavy atom. The van der Waals surface area contributed by atoms with Gasteiger partial charge in [-0.1, -0.05) is 0 Å². The highest BCUT2D eigenvalue weighted by molar-refractivity contribution is 7.48. The summed E-state index contributed by atoms with van der Waals surface area (Å²) in [6, 6.07) is 1.72. The lowest BCUT2D eigenvalue weighted by molar-refractivity contribution is -0.386. The predicted molar refractivity (Wildman–Crippen MR) is 96.8 cm³/mol. The lowest BCUT2D eigenvalue weighted by atomic mass is 10.1. The van der Waals surface area contributed by atoms with E-state index in [1.54, 1.807) is 0 Å². The molecular formula is C16H11F6N2O8P. The Kier molecular flexibility index (Phi) is 6.67. The number of benzene rings is 2. The first-order chi connectivity index (χ1) is 14.8. The van der Waals surface area contributed by atoms with Crippen LogP contribution in [0.25, 0.3) is 0 Å². The molecule has 0 saturated carbocycles. The van der Waals surface area contributed by atoms with E-state index in [0.29, 0.717) is 24.3 Å². The zero-order valence-corrected chi connectivity index (χ0v) is 17.1. The van der Waals surface area contributed by atoms with E-state index in [4.69, 9.17) is 0 Å². The summed E-state index contributed by atoms with van der Waals surface area (Å²) in [6.45, 7) is 2.07. The first kappa shape index (κ1) is 25.9. The van der Waals surface area contributed by atoms with Crippen LogP contribution in [0.2, 0.25) is 0 Å². The van der Waals surface area contributed by atoms with E-state index in [2.05, 4.69) is 9.05 Å². The molecule has 0 aliphatic heterocycles. The average Bonchev–Trinajstić information content (AvgIpc) is 2.61. The molecule has 0 bridgehead atoms. The summed E-state index contributed by atoms with van der Waals surface area (Å²) in [6.07, 6.45) is -10.7. The Morgan fingerprint density at radius 2 is 1.09 bits per heavy atom. The molecule has 1 N–H and O–H groups in total. The number of phosphoric acid groups is 1. The van der Waals surface area contributed by atoms with Crippen LogP contribution < -0.4 is 9.05 Å². The van der Waals surface area contributed by atoms with Crippen molar-refractivity contribution in [3.05, 3.63) is 66.7 Å². The van der Waals surface area contributed by atoms with Crippen molar-refractivity contribution < 1.29 is 54.7 Å². The quantitative estimate of drug-likeness (QED) is 0.228. The maximum atomic E-state index is 13.4. The van der Waals surface area contributed by atoms with Crippen molar-refractivity contribution in [3.8, 4) is 11.5 Å². The summed E-state index contributed by atoms with van der Waals surface area (Å²) in [7, 11) is -6.10. The minimum absolute atomic E-state index is 0.302. The number of phosphoric ester groups is 1. The molecule has 0 saturated heterocycles. The molecule has 2 aromatic rings. The Hall–Kier alpha value is -3.39. The van der Waals surface area contributed by atoms with Crippen LogP contribution in [-0.2, 0) is 16.9 Å². The molecular weight excluding hydrogens is 493 g/mol.